The number of nitrogens with zero attached hydrogens (tertiary/aromatic N) is 5. The monoisotopic (exact) mass is 327 g/mol. The van der Waals surface area contributed by atoms with Crippen molar-refractivity contribution in [2.24, 2.45) is 7.05 Å². The minimum Gasteiger partial charge on any atom is -0.368 e. The number of hydrogen-bond acceptors (Lipinski definition) is 6. The molecule has 1 fully saturated rings. The minimum atomic E-state index is 0.297. The first-order valence-electron chi connectivity index (χ1n) is 8.68. The zero-order valence-electron chi connectivity index (χ0n) is 14.4. The van der Waals surface area contributed by atoms with Crippen LogP contribution in [0.5, 0.6) is 0 Å². The van der Waals surface area contributed by atoms with E-state index < -0.39 is 0 Å². The van der Waals surface area contributed by atoms with Gasteiger partial charge in [-0.05, 0) is 32.7 Å². The molecule has 2 aliphatic rings. The Balaban J connectivity index is 1.64. The Morgan fingerprint density at radius 1 is 1.17 bits per heavy atom. The van der Waals surface area contributed by atoms with Gasteiger partial charge in [0.1, 0.15) is 5.82 Å². The molecule has 1 aliphatic carbocycles. The Bertz CT molecular complexity index is 739. The molecular formula is C17H25N7. The number of fused-ring (bicyclic) bond motifs is 1. The van der Waals surface area contributed by atoms with E-state index in [1.54, 1.807) is 0 Å². The van der Waals surface area contributed by atoms with E-state index in [1.807, 2.05) is 12.5 Å². The Morgan fingerprint density at radius 3 is 2.79 bits per heavy atom. The summed E-state index contributed by atoms with van der Waals surface area (Å²) in [6.07, 6.45) is 8.28. The Kier molecular flexibility index (Phi) is 3.88. The van der Waals surface area contributed by atoms with Gasteiger partial charge in [0.05, 0.1) is 12.0 Å². The van der Waals surface area contributed by atoms with Crippen LogP contribution in [0.25, 0.3) is 0 Å². The first kappa shape index (κ1) is 15.4. The molecule has 1 saturated heterocycles. The summed E-state index contributed by atoms with van der Waals surface area (Å²) >= 11 is 0. The quantitative estimate of drug-likeness (QED) is 0.880. The maximum absolute atomic E-state index is 5.95. The standard InChI is InChI=1S/C17H25N7/c1-23-8-12(15-7-19-10-24(15)2)14(9-23)20-16-11-5-3-4-6-13(11)21-17(18)22-16/h7,10,12,14H,3-6,8-9H2,1-2H3,(H3,18,20,21,22)/t12-,14-/m1/s1. The molecule has 0 aromatic carbocycles. The average Bonchev–Trinajstić information content (AvgIpc) is 3.12. The third-order valence-corrected chi connectivity index (χ3v) is 5.26. The van der Waals surface area contributed by atoms with E-state index >= 15 is 0 Å². The summed E-state index contributed by atoms with van der Waals surface area (Å²) in [5, 5.41) is 3.69. The van der Waals surface area contributed by atoms with Crippen LogP contribution >= 0.6 is 0 Å². The molecule has 2 atom stereocenters. The van der Waals surface area contributed by atoms with E-state index in [0.717, 1.165) is 37.4 Å². The number of likely N-dealkylation sites (tertiary alicyclic amines) is 1. The van der Waals surface area contributed by atoms with Gasteiger partial charge < -0.3 is 20.5 Å². The predicted molar refractivity (Wildman–Crippen MR) is 93.9 cm³/mol. The number of aromatic nitrogens is 4. The number of anilines is 2. The van der Waals surface area contributed by atoms with Gasteiger partial charge in [0.2, 0.25) is 5.95 Å². The molecule has 2 aromatic rings. The summed E-state index contributed by atoms with van der Waals surface area (Å²) in [6, 6.07) is 0.297. The highest BCUT2D eigenvalue weighted by Gasteiger charge is 2.34. The third-order valence-electron chi connectivity index (χ3n) is 5.26. The van der Waals surface area contributed by atoms with Crippen molar-refractivity contribution in [3.8, 4) is 0 Å². The summed E-state index contributed by atoms with van der Waals surface area (Å²) in [5.41, 5.74) is 9.59. The van der Waals surface area contributed by atoms with Crippen molar-refractivity contribution in [3.63, 3.8) is 0 Å². The van der Waals surface area contributed by atoms with Crippen molar-refractivity contribution in [2.45, 2.75) is 37.6 Å². The van der Waals surface area contributed by atoms with Gasteiger partial charge >= 0.3 is 0 Å². The van der Waals surface area contributed by atoms with Crippen molar-refractivity contribution in [1.29, 1.82) is 0 Å². The lowest BCUT2D eigenvalue weighted by Crippen LogP contribution is -2.30. The molecule has 2 aromatic heterocycles. The molecule has 0 bridgehead atoms. The fraction of sp³-hybridized carbons (Fsp3) is 0.588. The Labute approximate surface area is 142 Å². The summed E-state index contributed by atoms with van der Waals surface area (Å²) in [6.45, 7) is 1.99. The van der Waals surface area contributed by atoms with Crippen molar-refractivity contribution < 1.29 is 0 Å². The molecule has 0 amide bonds. The van der Waals surface area contributed by atoms with E-state index in [1.165, 1.54) is 24.1 Å². The molecule has 1 aliphatic heterocycles. The Morgan fingerprint density at radius 2 is 2.00 bits per heavy atom. The topological polar surface area (TPSA) is 84.9 Å². The lowest BCUT2D eigenvalue weighted by atomic mass is 9.95. The number of likely N-dealkylation sites (N-methyl/N-ethyl adjacent to an activating group) is 1. The van der Waals surface area contributed by atoms with Crippen LogP contribution in [0.15, 0.2) is 12.5 Å². The normalized spacial score (nSPS) is 24.1. The van der Waals surface area contributed by atoms with Crippen LogP contribution in [-0.2, 0) is 19.9 Å². The highest BCUT2D eigenvalue weighted by molar-refractivity contribution is 5.52. The molecule has 3 heterocycles. The lowest BCUT2D eigenvalue weighted by molar-refractivity contribution is 0.408. The van der Waals surface area contributed by atoms with E-state index in [-0.39, 0.29) is 0 Å². The average molecular weight is 327 g/mol. The molecule has 0 saturated carbocycles. The second-order valence-corrected chi connectivity index (χ2v) is 7.07. The van der Waals surface area contributed by atoms with E-state index in [4.69, 9.17) is 5.73 Å². The second-order valence-electron chi connectivity index (χ2n) is 7.07. The number of rotatable bonds is 3. The van der Waals surface area contributed by atoms with Crippen LogP contribution < -0.4 is 11.1 Å². The second kappa shape index (κ2) is 6.05. The predicted octanol–water partition coefficient (Wildman–Crippen LogP) is 1.18. The van der Waals surface area contributed by atoms with Gasteiger partial charge in [-0.1, -0.05) is 0 Å². The Hall–Kier alpha value is -2.15. The van der Waals surface area contributed by atoms with Crippen molar-refractivity contribution in [1.82, 2.24) is 24.4 Å². The van der Waals surface area contributed by atoms with Crippen LogP contribution in [0.4, 0.5) is 11.8 Å². The molecule has 0 unspecified atom stereocenters. The van der Waals surface area contributed by atoms with Gasteiger partial charge in [-0.3, -0.25) is 0 Å². The van der Waals surface area contributed by atoms with Crippen LogP contribution in [0.3, 0.4) is 0 Å². The number of nitrogens with one attached hydrogen (secondary N) is 1. The lowest BCUT2D eigenvalue weighted by Gasteiger charge is -2.24. The van der Waals surface area contributed by atoms with Gasteiger partial charge in [-0.2, -0.15) is 4.98 Å². The maximum atomic E-state index is 5.95. The maximum Gasteiger partial charge on any atom is 0.222 e. The zero-order chi connectivity index (χ0) is 16.7. The van der Waals surface area contributed by atoms with Gasteiger partial charge in [0, 0.05) is 49.6 Å². The first-order valence-corrected chi connectivity index (χ1v) is 8.68. The molecule has 0 spiro atoms. The fourth-order valence-corrected chi connectivity index (χ4v) is 4.08. The van der Waals surface area contributed by atoms with Crippen molar-refractivity contribution in [2.75, 3.05) is 31.2 Å². The molecule has 0 radical (unpaired) electrons. The third kappa shape index (κ3) is 2.73. The molecule has 128 valence electrons. The summed E-state index contributed by atoms with van der Waals surface area (Å²) in [7, 11) is 4.22. The minimum absolute atomic E-state index is 0.297. The molecule has 7 heteroatoms. The number of nitrogens with two attached hydrogens (primary N) is 1. The van der Waals surface area contributed by atoms with Gasteiger partial charge in [-0.25, -0.2) is 9.97 Å². The van der Waals surface area contributed by atoms with Crippen LogP contribution in [0.2, 0.25) is 0 Å². The summed E-state index contributed by atoms with van der Waals surface area (Å²) in [5.74, 6) is 1.70. The molecule has 3 N–H and O–H groups in total. The number of aryl methyl sites for hydroxylation is 2. The smallest absolute Gasteiger partial charge is 0.222 e. The number of hydrogen-bond donors (Lipinski definition) is 2. The van der Waals surface area contributed by atoms with Crippen LogP contribution in [-0.4, -0.2) is 50.6 Å². The number of nitrogen functional groups attached to an aromatic ring is 1. The zero-order valence-corrected chi connectivity index (χ0v) is 14.4. The molecule has 4 rings (SSSR count). The first-order chi connectivity index (χ1) is 11.6. The molecule has 24 heavy (non-hydrogen) atoms. The van der Waals surface area contributed by atoms with E-state index in [0.29, 0.717) is 17.9 Å². The van der Waals surface area contributed by atoms with Crippen LogP contribution in [0.1, 0.15) is 35.7 Å². The summed E-state index contributed by atoms with van der Waals surface area (Å²) < 4.78 is 2.11. The van der Waals surface area contributed by atoms with E-state index in [9.17, 15) is 0 Å². The molecule has 7 nitrogen and oxygen atoms in total. The van der Waals surface area contributed by atoms with Crippen LogP contribution in [0, 0.1) is 0 Å². The van der Waals surface area contributed by atoms with Gasteiger partial charge in [0.25, 0.3) is 0 Å². The van der Waals surface area contributed by atoms with Gasteiger partial charge in [0.15, 0.2) is 0 Å². The molecular weight excluding hydrogens is 302 g/mol. The van der Waals surface area contributed by atoms with Gasteiger partial charge in [-0.15, -0.1) is 0 Å². The highest BCUT2D eigenvalue weighted by Crippen LogP contribution is 2.32. The largest absolute Gasteiger partial charge is 0.368 e. The van der Waals surface area contributed by atoms with Crippen molar-refractivity contribution >= 4 is 11.8 Å². The summed E-state index contributed by atoms with van der Waals surface area (Å²) in [4.78, 5) is 15.6. The van der Waals surface area contributed by atoms with Crippen molar-refractivity contribution in [3.05, 3.63) is 29.5 Å². The van der Waals surface area contributed by atoms with E-state index in [2.05, 4.69) is 43.8 Å². The number of imidazole rings is 1. The fourth-order valence-electron chi connectivity index (χ4n) is 4.08. The highest BCUT2D eigenvalue weighted by atomic mass is 15.2. The SMILES string of the molecule is CN1C[C@@H](Nc2nc(N)nc3c2CCCC3)[C@H](c2cncn2C)C1.